The number of carbonyl (C=O) groups excluding carboxylic acids is 2. The number of unbranched alkanes of at least 4 members (excludes halogenated alkanes) is 1. The molecule has 2 aromatic heterocycles. The summed E-state index contributed by atoms with van der Waals surface area (Å²) in [5.41, 5.74) is 5.02. The Kier molecular flexibility index (Phi) is 7.54. The first-order chi connectivity index (χ1) is 19.6. The van der Waals surface area contributed by atoms with Crippen molar-refractivity contribution >= 4 is 39.6 Å². The van der Waals surface area contributed by atoms with Crippen molar-refractivity contribution in [3.05, 3.63) is 42.0 Å². The summed E-state index contributed by atoms with van der Waals surface area (Å²) in [6, 6.07) is 11.8. The summed E-state index contributed by atoms with van der Waals surface area (Å²) in [4.78, 5) is 39.9. The third-order valence-electron chi connectivity index (χ3n) is 7.64. The lowest BCUT2D eigenvalue weighted by atomic mass is 10.1. The van der Waals surface area contributed by atoms with Crippen molar-refractivity contribution in [2.24, 2.45) is 0 Å². The number of aromatic nitrogens is 4. The number of H-pyrrole nitrogens is 2. The van der Waals surface area contributed by atoms with Gasteiger partial charge in [0, 0.05) is 55.9 Å². The standard InChI is InChI=1S/C29H35N7O4/c1-2-3-15-40-29(38)36-10-4-9-35(11-12-36)28(37)20-5-7-23-22(18-20)26(33-32-23)27-30-24-8-6-21(19-25(24)31-27)34-13-16-39-17-14-34/h5-8,18-19H,2-4,9-17H2,1H3,(H,30,31)(H,32,33). The number of hydrogen-bond donors (Lipinski definition) is 2. The highest BCUT2D eigenvalue weighted by Gasteiger charge is 2.24. The molecular formula is C29H35N7O4. The summed E-state index contributed by atoms with van der Waals surface area (Å²) in [6.45, 7) is 7.78. The molecule has 210 valence electrons. The molecule has 2 fully saturated rings. The maximum atomic E-state index is 13.5. The molecule has 0 unspecified atom stereocenters. The van der Waals surface area contributed by atoms with E-state index in [1.165, 1.54) is 0 Å². The van der Waals surface area contributed by atoms with E-state index in [2.05, 4.69) is 39.1 Å². The van der Waals surface area contributed by atoms with E-state index < -0.39 is 0 Å². The van der Waals surface area contributed by atoms with Crippen LogP contribution >= 0.6 is 0 Å². The van der Waals surface area contributed by atoms with E-state index in [9.17, 15) is 9.59 Å². The first-order valence-corrected chi connectivity index (χ1v) is 14.1. The van der Waals surface area contributed by atoms with E-state index in [1.807, 2.05) is 29.2 Å². The molecular weight excluding hydrogens is 510 g/mol. The molecule has 0 saturated carbocycles. The normalized spacial score (nSPS) is 16.5. The van der Waals surface area contributed by atoms with Crippen molar-refractivity contribution < 1.29 is 19.1 Å². The number of carbonyl (C=O) groups is 2. The van der Waals surface area contributed by atoms with E-state index in [0.29, 0.717) is 56.3 Å². The van der Waals surface area contributed by atoms with Gasteiger partial charge in [0.25, 0.3) is 5.91 Å². The van der Waals surface area contributed by atoms with Crippen LogP contribution in [0.5, 0.6) is 0 Å². The molecule has 0 radical (unpaired) electrons. The van der Waals surface area contributed by atoms with Crippen LogP contribution < -0.4 is 4.90 Å². The van der Waals surface area contributed by atoms with Crippen molar-refractivity contribution in [2.75, 3.05) is 64.0 Å². The molecule has 2 aliphatic heterocycles. The van der Waals surface area contributed by atoms with Gasteiger partial charge < -0.3 is 29.2 Å². The Labute approximate surface area is 232 Å². The summed E-state index contributed by atoms with van der Waals surface area (Å²) in [5.74, 6) is 0.590. The predicted molar refractivity (Wildman–Crippen MR) is 153 cm³/mol. The molecule has 2 saturated heterocycles. The maximum Gasteiger partial charge on any atom is 0.409 e. The Morgan fingerprint density at radius 2 is 1.80 bits per heavy atom. The van der Waals surface area contributed by atoms with Gasteiger partial charge in [0.1, 0.15) is 5.69 Å². The molecule has 4 aromatic rings. The van der Waals surface area contributed by atoms with Crippen LogP contribution in [0.1, 0.15) is 36.5 Å². The molecule has 40 heavy (non-hydrogen) atoms. The molecule has 6 rings (SSSR count). The van der Waals surface area contributed by atoms with Crippen molar-refractivity contribution in [3.8, 4) is 11.5 Å². The van der Waals surface area contributed by atoms with Gasteiger partial charge in [-0.3, -0.25) is 9.89 Å². The smallest absolute Gasteiger partial charge is 0.409 e. The summed E-state index contributed by atoms with van der Waals surface area (Å²) in [5, 5.41) is 8.43. The van der Waals surface area contributed by atoms with Crippen molar-refractivity contribution in [1.29, 1.82) is 0 Å². The van der Waals surface area contributed by atoms with Crippen molar-refractivity contribution in [2.45, 2.75) is 26.2 Å². The molecule has 11 heteroatoms. The van der Waals surface area contributed by atoms with E-state index in [0.717, 1.165) is 66.8 Å². The maximum absolute atomic E-state index is 13.5. The second-order valence-corrected chi connectivity index (χ2v) is 10.3. The molecule has 0 bridgehead atoms. The molecule has 11 nitrogen and oxygen atoms in total. The minimum Gasteiger partial charge on any atom is -0.449 e. The molecule has 4 heterocycles. The average Bonchev–Trinajstić information content (AvgIpc) is 3.52. The zero-order chi connectivity index (χ0) is 27.5. The Bertz CT molecular complexity index is 1510. The van der Waals surface area contributed by atoms with Gasteiger partial charge in [-0.1, -0.05) is 13.3 Å². The molecule has 0 spiro atoms. The van der Waals surface area contributed by atoms with Gasteiger partial charge in [-0.05, 0) is 49.2 Å². The lowest BCUT2D eigenvalue weighted by molar-refractivity contribution is 0.0751. The number of nitrogens with one attached hydrogen (secondary N) is 2. The number of ether oxygens (including phenoxy) is 2. The van der Waals surface area contributed by atoms with Gasteiger partial charge >= 0.3 is 6.09 Å². The fourth-order valence-corrected chi connectivity index (χ4v) is 5.34. The highest BCUT2D eigenvalue weighted by Crippen LogP contribution is 2.29. The number of anilines is 1. The average molecular weight is 546 g/mol. The summed E-state index contributed by atoms with van der Waals surface area (Å²) < 4.78 is 10.9. The zero-order valence-electron chi connectivity index (χ0n) is 22.8. The Hall–Kier alpha value is -4.12. The number of amides is 2. The van der Waals surface area contributed by atoms with E-state index in [1.54, 1.807) is 4.90 Å². The van der Waals surface area contributed by atoms with Crippen LogP contribution in [0.15, 0.2) is 36.4 Å². The van der Waals surface area contributed by atoms with Crippen molar-refractivity contribution in [1.82, 2.24) is 30.0 Å². The summed E-state index contributed by atoms with van der Waals surface area (Å²) in [7, 11) is 0. The lowest BCUT2D eigenvalue weighted by Crippen LogP contribution is -2.37. The fraction of sp³-hybridized carbons (Fsp3) is 0.448. The SMILES string of the molecule is CCCCOC(=O)N1CCCN(C(=O)c2ccc3[nH]nc(-c4nc5ccc(N6CCOCC6)cc5[nH]4)c3c2)CC1. The largest absolute Gasteiger partial charge is 0.449 e. The van der Waals surface area contributed by atoms with Crippen LogP contribution in [0.25, 0.3) is 33.5 Å². The Morgan fingerprint density at radius 3 is 2.65 bits per heavy atom. The Balaban J connectivity index is 1.20. The first kappa shape index (κ1) is 26.1. The molecule has 0 aliphatic carbocycles. The molecule has 2 amide bonds. The summed E-state index contributed by atoms with van der Waals surface area (Å²) >= 11 is 0. The number of morpholine rings is 1. The first-order valence-electron chi connectivity index (χ1n) is 14.1. The van der Waals surface area contributed by atoms with Crippen LogP contribution in [0.3, 0.4) is 0 Å². The fourth-order valence-electron chi connectivity index (χ4n) is 5.34. The number of aromatic amines is 2. The van der Waals surface area contributed by atoms with Crippen LogP contribution in [-0.2, 0) is 9.47 Å². The number of hydrogen-bond acceptors (Lipinski definition) is 7. The van der Waals surface area contributed by atoms with Gasteiger partial charge in [-0.25, -0.2) is 9.78 Å². The van der Waals surface area contributed by atoms with E-state index in [4.69, 9.17) is 14.5 Å². The topological polar surface area (TPSA) is 120 Å². The van der Waals surface area contributed by atoms with Crippen LogP contribution in [0, 0.1) is 0 Å². The second kappa shape index (κ2) is 11.5. The van der Waals surface area contributed by atoms with Crippen LogP contribution in [0.2, 0.25) is 0 Å². The number of fused-ring (bicyclic) bond motifs is 2. The lowest BCUT2D eigenvalue weighted by Gasteiger charge is -2.28. The third-order valence-corrected chi connectivity index (χ3v) is 7.64. The van der Waals surface area contributed by atoms with Gasteiger partial charge in [-0.15, -0.1) is 0 Å². The van der Waals surface area contributed by atoms with Crippen LogP contribution in [0.4, 0.5) is 10.5 Å². The predicted octanol–water partition coefficient (Wildman–Crippen LogP) is 4.03. The summed E-state index contributed by atoms with van der Waals surface area (Å²) in [6.07, 6.45) is 2.24. The number of benzene rings is 2. The quantitative estimate of drug-likeness (QED) is 0.351. The molecule has 2 N–H and O–H groups in total. The highest BCUT2D eigenvalue weighted by atomic mass is 16.6. The number of nitrogens with zero attached hydrogens (tertiary/aromatic N) is 5. The molecule has 2 aromatic carbocycles. The van der Waals surface area contributed by atoms with Gasteiger partial charge in [0.2, 0.25) is 0 Å². The van der Waals surface area contributed by atoms with Gasteiger partial charge in [-0.2, -0.15) is 5.10 Å². The molecule has 0 atom stereocenters. The van der Waals surface area contributed by atoms with Gasteiger partial charge in [0.05, 0.1) is 36.4 Å². The minimum absolute atomic E-state index is 0.0602. The second-order valence-electron chi connectivity index (χ2n) is 10.3. The van der Waals surface area contributed by atoms with E-state index >= 15 is 0 Å². The number of rotatable bonds is 6. The molecule has 2 aliphatic rings. The van der Waals surface area contributed by atoms with Gasteiger partial charge in [0.15, 0.2) is 5.82 Å². The van der Waals surface area contributed by atoms with Crippen LogP contribution in [-0.4, -0.2) is 101 Å². The zero-order valence-corrected chi connectivity index (χ0v) is 22.8. The Morgan fingerprint density at radius 1 is 0.975 bits per heavy atom. The monoisotopic (exact) mass is 545 g/mol. The number of imidazole rings is 1. The van der Waals surface area contributed by atoms with E-state index in [-0.39, 0.29) is 12.0 Å². The minimum atomic E-state index is -0.296. The van der Waals surface area contributed by atoms with Crippen molar-refractivity contribution in [3.63, 3.8) is 0 Å². The highest BCUT2D eigenvalue weighted by molar-refractivity contribution is 6.01. The third kappa shape index (κ3) is 5.33.